The van der Waals surface area contributed by atoms with Crippen LogP contribution in [-0.2, 0) is 0 Å². The molecule has 0 saturated carbocycles. The van der Waals surface area contributed by atoms with Crippen LogP contribution in [0.3, 0.4) is 0 Å². The molecule has 1 aromatic heterocycles. The molecule has 0 spiro atoms. The molecule has 2 aromatic rings. The molecule has 0 atom stereocenters. The molecule has 0 aliphatic carbocycles. The lowest BCUT2D eigenvalue weighted by Crippen LogP contribution is -2.44. The highest BCUT2D eigenvalue weighted by Crippen LogP contribution is 2.18. The first kappa shape index (κ1) is 11.1. The molecule has 1 aromatic carbocycles. The van der Waals surface area contributed by atoms with E-state index in [0.717, 1.165) is 15.7 Å². The van der Waals surface area contributed by atoms with Crippen LogP contribution in [-0.4, -0.2) is 6.61 Å². The van der Waals surface area contributed by atoms with Gasteiger partial charge in [0.2, 0.25) is 6.20 Å². The predicted molar refractivity (Wildman–Crippen MR) is 66.9 cm³/mol. The van der Waals surface area contributed by atoms with Gasteiger partial charge in [0.25, 0.3) is 5.69 Å². The van der Waals surface area contributed by atoms with Gasteiger partial charge in [0, 0.05) is 21.3 Å². The first-order valence-electron chi connectivity index (χ1n) is 5.21. The monoisotopic (exact) mass is 278 g/mol. The van der Waals surface area contributed by atoms with Gasteiger partial charge in [-0.3, -0.25) is 4.84 Å². The van der Waals surface area contributed by atoms with Gasteiger partial charge < -0.3 is 0 Å². The fraction of sp³-hybridized carbons (Fsp3) is 0.154. The van der Waals surface area contributed by atoms with Gasteiger partial charge in [-0.1, -0.05) is 15.9 Å². The van der Waals surface area contributed by atoms with Crippen molar-refractivity contribution in [3.05, 3.63) is 53.1 Å². The van der Waals surface area contributed by atoms with E-state index in [1.54, 1.807) is 4.73 Å². The van der Waals surface area contributed by atoms with Crippen LogP contribution in [0.4, 0.5) is 0 Å². The second-order valence-electron chi connectivity index (χ2n) is 3.34. The molecule has 0 saturated heterocycles. The molecule has 0 aliphatic heterocycles. The van der Waals surface area contributed by atoms with E-state index < -0.39 is 0 Å². The molecule has 16 heavy (non-hydrogen) atoms. The SMILES string of the molecule is CCO[n+]1ccccc1-c1ccc(Br)cc1. The van der Waals surface area contributed by atoms with Crippen LogP contribution in [0.2, 0.25) is 0 Å². The van der Waals surface area contributed by atoms with E-state index >= 15 is 0 Å². The second kappa shape index (κ2) is 5.12. The van der Waals surface area contributed by atoms with Crippen LogP contribution >= 0.6 is 15.9 Å². The summed E-state index contributed by atoms with van der Waals surface area (Å²) in [7, 11) is 0. The van der Waals surface area contributed by atoms with Crippen molar-refractivity contribution in [2.24, 2.45) is 0 Å². The van der Waals surface area contributed by atoms with Crippen molar-refractivity contribution in [3.63, 3.8) is 0 Å². The van der Waals surface area contributed by atoms with Gasteiger partial charge in [-0.25, -0.2) is 0 Å². The topological polar surface area (TPSA) is 13.1 Å². The molecule has 0 fully saturated rings. The molecule has 0 aliphatic rings. The van der Waals surface area contributed by atoms with Gasteiger partial charge in [0.1, 0.15) is 0 Å². The number of nitrogens with zero attached hydrogens (tertiary/aromatic N) is 1. The average Bonchev–Trinajstić information content (AvgIpc) is 2.32. The Hall–Kier alpha value is -1.35. The number of halogens is 1. The Balaban J connectivity index is 2.42. The highest BCUT2D eigenvalue weighted by molar-refractivity contribution is 9.10. The van der Waals surface area contributed by atoms with Crippen LogP contribution < -0.4 is 9.57 Å². The Bertz CT molecular complexity index is 468. The molecule has 2 nitrogen and oxygen atoms in total. The van der Waals surface area contributed by atoms with Crippen molar-refractivity contribution in [1.29, 1.82) is 0 Å². The molecule has 0 amide bonds. The maximum atomic E-state index is 5.53. The van der Waals surface area contributed by atoms with Crippen LogP contribution in [0.25, 0.3) is 11.3 Å². The van der Waals surface area contributed by atoms with E-state index in [-0.39, 0.29) is 0 Å². The summed E-state index contributed by atoms with van der Waals surface area (Å²) in [4.78, 5) is 5.53. The highest BCUT2D eigenvalue weighted by atomic mass is 79.9. The molecule has 0 unspecified atom stereocenters. The molecule has 0 N–H and O–H groups in total. The van der Waals surface area contributed by atoms with Gasteiger partial charge >= 0.3 is 0 Å². The minimum absolute atomic E-state index is 0.651. The normalized spacial score (nSPS) is 10.1. The number of benzene rings is 1. The fourth-order valence-electron chi connectivity index (χ4n) is 1.52. The summed E-state index contributed by atoms with van der Waals surface area (Å²) in [6.45, 7) is 2.63. The van der Waals surface area contributed by atoms with Crippen LogP contribution in [0.15, 0.2) is 53.1 Å². The molecule has 82 valence electrons. The van der Waals surface area contributed by atoms with E-state index in [2.05, 4.69) is 28.1 Å². The maximum Gasteiger partial charge on any atom is 0.264 e. The predicted octanol–water partition coefficient (Wildman–Crippen LogP) is 2.85. The zero-order valence-corrected chi connectivity index (χ0v) is 10.6. The zero-order chi connectivity index (χ0) is 11.4. The van der Waals surface area contributed by atoms with Crippen LogP contribution in [0, 0.1) is 0 Å². The van der Waals surface area contributed by atoms with E-state index in [1.165, 1.54) is 0 Å². The highest BCUT2D eigenvalue weighted by Gasteiger charge is 2.12. The molecule has 3 heteroatoms. The van der Waals surface area contributed by atoms with Gasteiger partial charge in [-0.15, -0.1) is 0 Å². The Morgan fingerprint density at radius 2 is 1.88 bits per heavy atom. The summed E-state index contributed by atoms with van der Waals surface area (Å²) in [6, 6.07) is 14.2. The first-order valence-corrected chi connectivity index (χ1v) is 6.00. The van der Waals surface area contributed by atoms with Crippen molar-refractivity contribution in [1.82, 2.24) is 0 Å². The Kier molecular flexibility index (Phi) is 3.57. The summed E-state index contributed by atoms with van der Waals surface area (Å²) in [6.07, 6.45) is 1.92. The summed E-state index contributed by atoms with van der Waals surface area (Å²) in [5.41, 5.74) is 2.19. The largest absolute Gasteiger partial charge is 0.271 e. The lowest BCUT2D eigenvalue weighted by atomic mass is 10.1. The van der Waals surface area contributed by atoms with Crippen molar-refractivity contribution in [3.8, 4) is 11.3 Å². The van der Waals surface area contributed by atoms with Crippen molar-refractivity contribution < 1.29 is 9.57 Å². The molecule has 0 radical (unpaired) electrons. The smallest absolute Gasteiger partial charge is 0.264 e. The van der Waals surface area contributed by atoms with Crippen LogP contribution in [0.5, 0.6) is 0 Å². The van der Waals surface area contributed by atoms with E-state index in [9.17, 15) is 0 Å². The summed E-state index contributed by atoms with van der Waals surface area (Å²) >= 11 is 3.43. The Morgan fingerprint density at radius 1 is 1.12 bits per heavy atom. The third kappa shape index (κ3) is 2.42. The van der Waals surface area contributed by atoms with Crippen molar-refractivity contribution in [2.75, 3.05) is 6.61 Å². The summed E-state index contributed by atoms with van der Waals surface area (Å²) < 4.78 is 2.87. The Labute approximate surface area is 104 Å². The standard InChI is InChI=1S/C13H13BrNO/c1-2-16-15-10-4-3-5-13(15)11-6-8-12(14)9-7-11/h3-10H,2H2,1H3/q+1. The third-order valence-corrected chi connectivity index (χ3v) is 2.76. The minimum atomic E-state index is 0.651. The molecular formula is C13H13BrNO+. The van der Waals surface area contributed by atoms with E-state index in [0.29, 0.717) is 6.61 Å². The minimum Gasteiger partial charge on any atom is -0.271 e. The summed E-state index contributed by atoms with van der Waals surface area (Å²) in [5, 5.41) is 0. The second-order valence-corrected chi connectivity index (χ2v) is 4.25. The number of aromatic nitrogens is 1. The number of hydrogen-bond donors (Lipinski definition) is 0. The average molecular weight is 279 g/mol. The third-order valence-electron chi connectivity index (χ3n) is 2.23. The van der Waals surface area contributed by atoms with E-state index in [4.69, 9.17) is 4.84 Å². The number of hydrogen-bond acceptors (Lipinski definition) is 1. The molecule has 0 bridgehead atoms. The van der Waals surface area contributed by atoms with Gasteiger partial charge in [-0.2, -0.15) is 0 Å². The molecular weight excluding hydrogens is 266 g/mol. The summed E-state index contributed by atoms with van der Waals surface area (Å²) in [5.74, 6) is 0. The quantitative estimate of drug-likeness (QED) is 0.787. The maximum absolute atomic E-state index is 5.53. The lowest BCUT2D eigenvalue weighted by molar-refractivity contribution is -0.882. The zero-order valence-electron chi connectivity index (χ0n) is 9.06. The lowest BCUT2D eigenvalue weighted by Gasteiger charge is -2.01. The molecule has 2 rings (SSSR count). The number of rotatable bonds is 3. The Morgan fingerprint density at radius 3 is 2.56 bits per heavy atom. The number of pyridine rings is 1. The van der Waals surface area contributed by atoms with Gasteiger partial charge in [-0.05, 0) is 37.3 Å². The van der Waals surface area contributed by atoms with E-state index in [1.807, 2.05) is 43.5 Å². The van der Waals surface area contributed by atoms with Crippen molar-refractivity contribution in [2.45, 2.75) is 6.92 Å². The van der Waals surface area contributed by atoms with Gasteiger partial charge in [0.05, 0.1) is 5.56 Å². The fourth-order valence-corrected chi connectivity index (χ4v) is 1.79. The van der Waals surface area contributed by atoms with Crippen molar-refractivity contribution >= 4 is 15.9 Å². The van der Waals surface area contributed by atoms with Gasteiger partial charge in [0.15, 0.2) is 6.61 Å². The van der Waals surface area contributed by atoms with Crippen LogP contribution in [0.1, 0.15) is 6.92 Å². The first-order chi connectivity index (χ1) is 7.81. The molecule has 1 heterocycles.